The number of carbonyl (C=O) groups excluding carboxylic acids is 3. The second-order valence-corrected chi connectivity index (χ2v) is 6.28. The first-order valence-corrected chi connectivity index (χ1v) is 8.98. The number of aliphatic carboxylic acids is 1. The van der Waals surface area contributed by atoms with E-state index in [-0.39, 0.29) is 12.4 Å². The number of primary amides is 1. The Morgan fingerprint density at radius 2 is 1.64 bits per heavy atom. The highest BCUT2D eigenvalue weighted by Gasteiger charge is 2.28. The van der Waals surface area contributed by atoms with E-state index in [1.54, 1.807) is 0 Å². The molecule has 0 aliphatic carbocycles. The van der Waals surface area contributed by atoms with Crippen molar-refractivity contribution >= 4 is 47.9 Å². The van der Waals surface area contributed by atoms with Crippen molar-refractivity contribution in [1.29, 1.82) is 0 Å². The standard InChI is InChI=1S/C14H26N4O5S.ClH/c1-3-4-9(12(16)21)17-14(23)10(7-11(19)20)18-13(22)8(15)5-6-24-2;/h8-10H,3-7,15H2,1-2H3,(H2,16,21)(H,17,23)(H,18,22)(H,19,20);1H/t8-,9?,10-;/m0./s1. The number of hydrogen-bond acceptors (Lipinski definition) is 6. The zero-order valence-electron chi connectivity index (χ0n) is 14.3. The van der Waals surface area contributed by atoms with E-state index < -0.39 is 48.2 Å². The van der Waals surface area contributed by atoms with E-state index in [9.17, 15) is 19.2 Å². The minimum Gasteiger partial charge on any atom is -0.481 e. The van der Waals surface area contributed by atoms with Gasteiger partial charge in [-0.1, -0.05) is 13.3 Å². The molecular weight excluding hydrogens is 372 g/mol. The first-order chi connectivity index (χ1) is 11.2. The molecule has 0 aromatic heterocycles. The van der Waals surface area contributed by atoms with Crippen LogP contribution in [0.15, 0.2) is 0 Å². The Morgan fingerprint density at radius 3 is 2.08 bits per heavy atom. The van der Waals surface area contributed by atoms with Crippen molar-refractivity contribution < 1.29 is 24.3 Å². The van der Waals surface area contributed by atoms with Gasteiger partial charge in [-0.05, 0) is 24.9 Å². The number of nitrogens with one attached hydrogen (secondary N) is 2. The molecule has 0 saturated heterocycles. The SMILES string of the molecule is CCCC(NC(=O)[C@H](CC(=O)O)NC(=O)[C@@H](N)CCSC)C(N)=O.Cl. The smallest absolute Gasteiger partial charge is 0.305 e. The number of rotatable bonds is 12. The predicted octanol–water partition coefficient (Wildman–Crippen LogP) is -0.782. The number of carboxylic acids is 1. The van der Waals surface area contributed by atoms with Gasteiger partial charge in [-0.3, -0.25) is 19.2 Å². The normalized spacial score (nSPS) is 13.7. The topological polar surface area (TPSA) is 165 Å². The maximum absolute atomic E-state index is 12.2. The Hall–Kier alpha value is -1.52. The van der Waals surface area contributed by atoms with Crippen LogP contribution >= 0.6 is 24.2 Å². The largest absolute Gasteiger partial charge is 0.481 e. The molecule has 0 aliphatic rings. The van der Waals surface area contributed by atoms with Crippen LogP contribution in [0.4, 0.5) is 0 Å². The number of carbonyl (C=O) groups is 4. The summed E-state index contributed by atoms with van der Waals surface area (Å²) >= 11 is 1.52. The lowest BCUT2D eigenvalue weighted by atomic mass is 10.1. The van der Waals surface area contributed by atoms with Crippen LogP contribution in [0.3, 0.4) is 0 Å². The average molecular weight is 399 g/mol. The Morgan fingerprint density at radius 1 is 1.08 bits per heavy atom. The Bertz CT molecular complexity index is 467. The van der Waals surface area contributed by atoms with Gasteiger partial charge in [-0.25, -0.2) is 0 Å². The second kappa shape index (κ2) is 13.7. The minimum atomic E-state index is -1.32. The molecule has 0 fully saturated rings. The summed E-state index contributed by atoms with van der Waals surface area (Å²) in [5.41, 5.74) is 10.9. The van der Waals surface area contributed by atoms with Gasteiger partial charge in [0, 0.05) is 0 Å². The average Bonchev–Trinajstić information content (AvgIpc) is 2.50. The third kappa shape index (κ3) is 10.8. The van der Waals surface area contributed by atoms with Crippen LogP contribution in [-0.4, -0.2) is 58.9 Å². The van der Waals surface area contributed by atoms with E-state index >= 15 is 0 Å². The van der Waals surface area contributed by atoms with E-state index in [2.05, 4.69) is 10.6 Å². The maximum atomic E-state index is 12.2. The van der Waals surface area contributed by atoms with Gasteiger partial charge in [0.05, 0.1) is 12.5 Å². The molecule has 0 spiro atoms. The van der Waals surface area contributed by atoms with Gasteiger partial charge in [0.2, 0.25) is 17.7 Å². The fourth-order valence-corrected chi connectivity index (χ4v) is 2.37. The summed E-state index contributed by atoms with van der Waals surface area (Å²) in [6, 6.07) is -3.08. The molecule has 0 saturated carbocycles. The Kier molecular flexibility index (Phi) is 14.1. The maximum Gasteiger partial charge on any atom is 0.305 e. The fraction of sp³-hybridized carbons (Fsp3) is 0.714. The van der Waals surface area contributed by atoms with Crippen LogP contribution in [0.2, 0.25) is 0 Å². The number of amides is 3. The molecule has 0 bridgehead atoms. The van der Waals surface area contributed by atoms with E-state index in [4.69, 9.17) is 16.6 Å². The Labute approximate surface area is 157 Å². The van der Waals surface area contributed by atoms with E-state index in [0.717, 1.165) is 0 Å². The molecule has 9 nitrogen and oxygen atoms in total. The van der Waals surface area contributed by atoms with Crippen LogP contribution in [-0.2, 0) is 19.2 Å². The predicted molar refractivity (Wildman–Crippen MR) is 98.4 cm³/mol. The first kappa shape index (κ1) is 25.7. The molecule has 0 aromatic carbocycles. The van der Waals surface area contributed by atoms with Crippen molar-refractivity contribution in [3.05, 3.63) is 0 Å². The number of halogens is 1. The number of thioether (sulfide) groups is 1. The molecule has 0 aliphatic heterocycles. The van der Waals surface area contributed by atoms with Gasteiger partial charge < -0.3 is 27.2 Å². The monoisotopic (exact) mass is 398 g/mol. The molecule has 146 valence electrons. The number of nitrogens with two attached hydrogens (primary N) is 2. The van der Waals surface area contributed by atoms with E-state index in [0.29, 0.717) is 25.0 Å². The molecule has 0 aromatic rings. The first-order valence-electron chi connectivity index (χ1n) is 7.59. The summed E-state index contributed by atoms with van der Waals surface area (Å²) in [6.07, 6.45) is 2.56. The van der Waals surface area contributed by atoms with Crippen molar-refractivity contribution in [1.82, 2.24) is 10.6 Å². The van der Waals surface area contributed by atoms with E-state index in [1.807, 2.05) is 13.2 Å². The lowest BCUT2D eigenvalue weighted by Crippen LogP contribution is -2.55. The van der Waals surface area contributed by atoms with Crippen molar-refractivity contribution in [2.75, 3.05) is 12.0 Å². The summed E-state index contributed by atoms with van der Waals surface area (Å²) in [7, 11) is 0. The van der Waals surface area contributed by atoms with Gasteiger partial charge in [-0.2, -0.15) is 11.8 Å². The Balaban J connectivity index is 0. The summed E-state index contributed by atoms with van der Waals surface area (Å²) in [4.78, 5) is 46.4. The van der Waals surface area contributed by atoms with Gasteiger partial charge in [0.1, 0.15) is 12.1 Å². The molecule has 1 unspecified atom stereocenters. The fourth-order valence-electron chi connectivity index (χ4n) is 1.89. The molecule has 0 radical (unpaired) electrons. The molecule has 3 amide bonds. The lowest BCUT2D eigenvalue weighted by molar-refractivity contribution is -0.141. The highest BCUT2D eigenvalue weighted by Crippen LogP contribution is 2.02. The summed E-state index contributed by atoms with van der Waals surface area (Å²) in [5.74, 6) is -2.72. The van der Waals surface area contributed by atoms with Crippen LogP contribution in [0, 0.1) is 0 Å². The van der Waals surface area contributed by atoms with Crippen LogP contribution < -0.4 is 22.1 Å². The number of carboxylic acid groups (broad SMARTS) is 1. The molecule has 25 heavy (non-hydrogen) atoms. The molecule has 0 rings (SSSR count). The molecule has 7 N–H and O–H groups in total. The van der Waals surface area contributed by atoms with Crippen LogP contribution in [0.25, 0.3) is 0 Å². The highest BCUT2D eigenvalue weighted by molar-refractivity contribution is 7.98. The zero-order valence-corrected chi connectivity index (χ0v) is 16.0. The molecule has 0 heterocycles. The molecule has 3 atom stereocenters. The van der Waals surface area contributed by atoms with Gasteiger partial charge >= 0.3 is 5.97 Å². The lowest BCUT2D eigenvalue weighted by Gasteiger charge is -2.22. The van der Waals surface area contributed by atoms with Crippen LogP contribution in [0.1, 0.15) is 32.6 Å². The highest BCUT2D eigenvalue weighted by atomic mass is 35.5. The van der Waals surface area contributed by atoms with Crippen LogP contribution in [0.5, 0.6) is 0 Å². The summed E-state index contributed by atoms with van der Waals surface area (Å²) < 4.78 is 0. The second-order valence-electron chi connectivity index (χ2n) is 5.30. The van der Waals surface area contributed by atoms with Gasteiger partial charge in [-0.15, -0.1) is 12.4 Å². The van der Waals surface area contributed by atoms with Crippen molar-refractivity contribution in [3.8, 4) is 0 Å². The minimum absolute atomic E-state index is 0. The molecular formula is C14H27ClN4O5S. The van der Waals surface area contributed by atoms with Gasteiger partial charge in [0.25, 0.3) is 0 Å². The third-order valence-electron chi connectivity index (χ3n) is 3.22. The van der Waals surface area contributed by atoms with E-state index in [1.165, 1.54) is 11.8 Å². The number of hydrogen-bond donors (Lipinski definition) is 5. The van der Waals surface area contributed by atoms with Gasteiger partial charge in [0.15, 0.2) is 0 Å². The van der Waals surface area contributed by atoms with Crippen molar-refractivity contribution in [2.45, 2.75) is 50.7 Å². The van der Waals surface area contributed by atoms with Crippen molar-refractivity contribution in [3.63, 3.8) is 0 Å². The van der Waals surface area contributed by atoms with Crippen molar-refractivity contribution in [2.24, 2.45) is 11.5 Å². The third-order valence-corrected chi connectivity index (χ3v) is 3.86. The quantitative estimate of drug-likeness (QED) is 0.287. The summed E-state index contributed by atoms with van der Waals surface area (Å²) in [5, 5.41) is 13.6. The zero-order chi connectivity index (χ0) is 18.7. The summed E-state index contributed by atoms with van der Waals surface area (Å²) in [6.45, 7) is 1.81. The molecule has 11 heteroatoms.